The van der Waals surface area contributed by atoms with Crippen LogP contribution < -0.4 is 10.2 Å². The molecule has 0 radical (unpaired) electrons. The quantitative estimate of drug-likeness (QED) is 0.503. The maximum absolute atomic E-state index is 13.8. The zero-order chi connectivity index (χ0) is 27.4. The Hall–Kier alpha value is -3.74. The number of nitrogens with one attached hydrogen (secondary N) is 1. The number of carbonyl (C=O) groups excluding carboxylic acids is 2. The van der Waals surface area contributed by atoms with Crippen molar-refractivity contribution in [2.45, 2.75) is 52.0 Å². The minimum absolute atomic E-state index is 0.00755. The number of esters is 1. The minimum Gasteiger partial charge on any atom is -0.465 e. The van der Waals surface area contributed by atoms with Crippen LogP contribution in [0.2, 0.25) is 0 Å². The third kappa shape index (κ3) is 5.02. The number of methoxy groups -OCH3 is 1. The first-order valence-electron chi connectivity index (χ1n) is 12.1. The van der Waals surface area contributed by atoms with Crippen molar-refractivity contribution in [3.63, 3.8) is 0 Å². The van der Waals surface area contributed by atoms with Crippen LogP contribution in [0.1, 0.15) is 49.5 Å². The Bertz CT molecular complexity index is 1400. The normalized spacial score (nSPS) is 19.6. The van der Waals surface area contributed by atoms with Crippen LogP contribution in [0.5, 0.6) is 0 Å². The van der Waals surface area contributed by atoms with Crippen molar-refractivity contribution < 1.29 is 32.2 Å². The molecule has 2 bridgehead atoms. The molecule has 2 saturated heterocycles. The van der Waals surface area contributed by atoms with Gasteiger partial charge in [0.15, 0.2) is 5.82 Å². The molecular weight excluding hydrogens is 505 g/mol. The van der Waals surface area contributed by atoms with Crippen molar-refractivity contribution in [3.05, 3.63) is 35.5 Å². The number of pyridine rings is 1. The molecular formula is C25H27F3N6O4. The van der Waals surface area contributed by atoms with Gasteiger partial charge in [-0.15, -0.1) is 5.10 Å². The number of carbonyl (C=O) groups is 2. The number of nitrogens with zero attached hydrogens (tertiary/aromatic N) is 5. The number of fused-ring (bicyclic) bond motifs is 3. The van der Waals surface area contributed by atoms with E-state index in [4.69, 9.17) is 9.47 Å². The van der Waals surface area contributed by atoms with Gasteiger partial charge in [0, 0.05) is 24.7 Å². The highest BCUT2D eigenvalue weighted by Gasteiger charge is 2.36. The summed E-state index contributed by atoms with van der Waals surface area (Å²) < 4.78 is 53.6. The Morgan fingerprint density at radius 2 is 1.76 bits per heavy atom. The summed E-state index contributed by atoms with van der Waals surface area (Å²) in [5.74, 6) is -1.02. The lowest BCUT2D eigenvalue weighted by Gasteiger charge is -2.33. The molecule has 2 aliphatic rings. The molecule has 2 atom stereocenters. The highest BCUT2D eigenvalue weighted by atomic mass is 19.4. The molecule has 3 aromatic heterocycles. The lowest BCUT2D eigenvalue weighted by Crippen LogP contribution is -2.43. The first-order chi connectivity index (χ1) is 17.8. The first-order valence-corrected chi connectivity index (χ1v) is 12.1. The number of hydrogen-bond donors (Lipinski definition) is 1. The van der Waals surface area contributed by atoms with Crippen molar-refractivity contribution >= 4 is 29.0 Å². The molecule has 1 amide bonds. The highest BCUT2D eigenvalue weighted by Crippen LogP contribution is 2.35. The van der Waals surface area contributed by atoms with Crippen molar-refractivity contribution in [2.75, 3.05) is 30.4 Å². The number of anilines is 2. The fourth-order valence-corrected chi connectivity index (χ4v) is 4.52. The zero-order valence-corrected chi connectivity index (χ0v) is 21.3. The third-order valence-corrected chi connectivity index (χ3v) is 6.51. The van der Waals surface area contributed by atoms with Gasteiger partial charge in [-0.3, -0.25) is 4.79 Å². The van der Waals surface area contributed by atoms with Crippen molar-refractivity contribution in [2.24, 2.45) is 5.41 Å². The van der Waals surface area contributed by atoms with Crippen LogP contribution >= 0.6 is 0 Å². The van der Waals surface area contributed by atoms with Crippen molar-refractivity contribution in [1.82, 2.24) is 19.6 Å². The first kappa shape index (κ1) is 25.9. The number of halogens is 3. The average molecular weight is 533 g/mol. The van der Waals surface area contributed by atoms with Gasteiger partial charge in [-0.2, -0.15) is 13.2 Å². The van der Waals surface area contributed by atoms with E-state index in [0.717, 1.165) is 25.0 Å². The second kappa shape index (κ2) is 9.22. The van der Waals surface area contributed by atoms with E-state index in [9.17, 15) is 22.8 Å². The summed E-state index contributed by atoms with van der Waals surface area (Å²) in [5, 5.41) is 6.85. The SMILES string of the molecule is COC(=O)c1cc2c(N3CC4CCC(C3)O4)nc(-c3cc(C(F)(F)F)cc(NC(=O)C(C)(C)C)n3)nn2c1. The van der Waals surface area contributed by atoms with Crippen LogP contribution in [0, 0.1) is 5.41 Å². The van der Waals surface area contributed by atoms with Crippen LogP contribution in [0.4, 0.5) is 24.8 Å². The van der Waals surface area contributed by atoms with E-state index in [-0.39, 0.29) is 35.1 Å². The van der Waals surface area contributed by atoms with Crippen LogP contribution in [-0.4, -0.2) is 63.9 Å². The van der Waals surface area contributed by atoms with E-state index >= 15 is 0 Å². The second-order valence-electron chi connectivity index (χ2n) is 10.5. The number of morpholine rings is 1. The van der Waals surface area contributed by atoms with Gasteiger partial charge in [0.2, 0.25) is 11.7 Å². The Labute approximate surface area is 216 Å². The maximum atomic E-state index is 13.8. The fourth-order valence-electron chi connectivity index (χ4n) is 4.52. The monoisotopic (exact) mass is 532 g/mol. The number of ether oxygens (including phenoxy) is 2. The summed E-state index contributed by atoms with van der Waals surface area (Å²) in [7, 11) is 1.25. The summed E-state index contributed by atoms with van der Waals surface area (Å²) in [6.45, 7) is 5.98. The molecule has 0 spiro atoms. The molecule has 0 saturated carbocycles. The van der Waals surface area contributed by atoms with E-state index in [1.54, 1.807) is 26.8 Å². The van der Waals surface area contributed by atoms with E-state index in [2.05, 4.69) is 20.4 Å². The molecule has 2 aliphatic heterocycles. The summed E-state index contributed by atoms with van der Waals surface area (Å²) in [6, 6.07) is 3.19. The largest absolute Gasteiger partial charge is 0.465 e. The Balaban J connectivity index is 1.66. The Kier molecular flexibility index (Phi) is 6.28. The van der Waals surface area contributed by atoms with Gasteiger partial charge >= 0.3 is 12.1 Å². The summed E-state index contributed by atoms with van der Waals surface area (Å²) in [6.07, 6.45) is -1.46. The van der Waals surface area contributed by atoms with E-state index in [0.29, 0.717) is 24.4 Å². The molecule has 38 heavy (non-hydrogen) atoms. The second-order valence-corrected chi connectivity index (χ2v) is 10.5. The van der Waals surface area contributed by atoms with Gasteiger partial charge in [-0.1, -0.05) is 20.8 Å². The van der Waals surface area contributed by atoms with Gasteiger partial charge in [0.1, 0.15) is 17.0 Å². The minimum atomic E-state index is -4.71. The predicted molar refractivity (Wildman–Crippen MR) is 131 cm³/mol. The Morgan fingerprint density at radius 3 is 2.37 bits per heavy atom. The van der Waals surface area contributed by atoms with Gasteiger partial charge in [-0.25, -0.2) is 19.3 Å². The lowest BCUT2D eigenvalue weighted by atomic mass is 9.96. The molecule has 0 aromatic carbocycles. The molecule has 5 rings (SSSR count). The standard InChI is InChI=1S/C25H27F3N6O4/c1-24(2,3)23(36)30-19-9-14(25(26,27)28)8-17(29-19)20-31-21(33-11-15-5-6-16(12-33)38-15)18-7-13(22(35)37-4)10-34(18)32-20/h7-10,15-16H,5-6,11-12H2,1-4H3,(H,29,30,36). The molecule has 13 heteroatoms. The van der Waals surface area contributed by atoms with Gasteiger partial charge < -0.3 is 19.7 Å². The van der Waals surface area contributed by atoms with Crippen molar-refractivity contribution in [1.29, 1.82) is 0 Å². The van der Waals surface area contributed by atoms with Crippen molar-refractivity contribution in [3.8, 4) is 11.5 Å². The molecule has 3 aromatic rings. The summed E-state index contributed by atoms with van der Waals surface area (Å²) >= 11 is 0. The number of rotatable bonds is 4. The number of amides is 1. The molecule has 10 nitrogen and oxygen atoms in total. The molecule has 2 unspecified atom stereocenters. The Morgan fingerprint density at radius 1 is 1.08 bits per heavy atom. The van der Waals surface area contributed by atoms with Crippen LogP contribution in [0.25, 0.3) is 17.0 Å². The number of alkyl halides is 3. The third-order valence-electron chi connectivity index (χ3n) is 6.51. The van der Waals surface area contributed by atoms with E-state index < -0.39 is 29.0 Å². The van der Waals surface area contributed by atoms with Gasteiger partial charge in [0.05, 0.1) is 30.4 Å². The molecule has 202 valence electrons. The van der Waals surface area contributed by atoms with Crippen LogP contribution in [0.15, 0.2) is 24.4 Å². The lowest BCUT2D eigenvalue weighted by molar-refractivity contribution is -0.137. The molecule has 0 aliphatic carbocycles. The number of hydrogen-bond acceptors (Lipinski definition) is 8. The topological polar surface area (TPSA) is 111 Å². The average Bonchev–Trinajstić information content (AvgIpc) is 3.43. The number of aromatic nitrogens is 4. The smallest absolute Gasteiger partial charge is 0.416 e. The van der Waals surface area contributed by atoms with Gasteiger partial charge in [-0.05, 0) is 31.0 Å². The molecule has 2 fully saturated rings. The fraction of sp³-hybridized carbons (Fsp3) is 0.480. The van der Waals surface area contributed by atoms with Gasteiger partial charge in [0.25, 0.3) is 0 Å². The van der Waals surface area contributed by atoms with E-state index in [1.165, 1.54) is 17.8 Å². The van der Waals surface area contributed by atoms with E-state index in [1.807, 2.05) is 4.90 Å². The van der Waals surface area contributed by atoms with Crippen LogP contribution in [-0.2, 0) is 20.4 Å². The predicted octanol–water partition coefficient (Wildman–Crippen LogP) is 3.95. The highest BCUT2D eigenvalue weighted by molar-refractivity contribution is 5.94. The maximum Gasteiger partial charge on any atom is 0.416 e. The zero-order valence-electron chi connectivity index (χ0n) is 21.3. The molecule has 5 heterocycles. The summed E-state index contributed by atoms with van der Waals surface area (Å²) in [5.41, 5.74) is -1.35. The molecule has 1 N–H and O–H groups in total. The summed E-state index contributed by atoms with van der Waals surface area (Å²) in [4.78, 5) is 35.6. The van der Waals surface area contributed by atoms with Crippen LogP contribution in [0.3, 0.4) is 0 Å².